The first-order valence-electron chi connectivity index (χ1n) is 1.89. The van der Waals surface area contributed by atoms with Gasteiger partial charge in [0.2, 0.25) is 0 Å². The summed E-state index contributed by atoms with van der Waals surface area (Å²) in [5.74, 6) is 0. The number of aromatic amines is 1. The topological polar surface area (TPSA) is 28.7 Å². The Morgan fingerprint density at radius 1 is 1.86 bits per heavy atom. The molecule has 2 nitrogen and oxygen atoms in total. The van der Waals surface area contributed by atoms with Crippen LogP contribution in [-0.2, 0) is 0 Å². The number of hydrogen-bond donors (Lipinski definition) is 1. The number of halogens is 1. The summed E-state index contributed by atoms with van der Waals surface area (Å²) >= 11 is 3.22. The Kier molecular flexibility index (Phi) is 1.15. The summed E-state index contributed by atoms with van der Waals surface area (Å²) in [7, 11) is 0. The second kappa shape index (κ2) is 1.66. The Labute approximate surface area is 50.1 Å². The van der Waals surface area contributed by atoms with E-state index in [2.05, 4.69) is 32.3 Å². The highest BCUT2D eigenvalue weighted by Gasteiger charge is 1.91. The zero-order chi connectivity index (χ0) is 5.28. The maximum absolute atomic E-state index is 3.79. The van der Waals surface area contributed by atoms with Crippen molar-refractivity contribution in [1.82, 2.24) is 10.2 Å². The van der Waals surface area contributed by atoms with E-state index in [0.29, 0.717) is 0 Å². The highest BCUT2D eigenvalue weighted by Crippen LogP contribution is 2.08. The molecule has 0 amide bonds. The van der Waals surface area contributed by atoms with Crippen LogP contribution in [0.4, 0.5) is 0 Å². The largest absolute Gasteiger partial charge is 0.275 e. The van der Waals surface area contributed by atoms with Crippen molar-refractivity contribution in [2.45, 2.75) is 6.92 Å². The van der Waals surface area contributed by atoms with Gasteiger partial charge in [0.1, 0.15) is 0 Å². The summed E-state index contributed by atoms with van der Waals surface area (Å²) in [6.07, 6.45) is 2.75. The van der Waals surface area contributed by atoms with Gasteiger partial charge >= 0.3 is 0 Å². The molecule has 7 heavy (non-hydrogen) atoms. The average Bonchev–Trinajstić information content (AvgIpc) is 1.91. The number of aryl methyl sites for hydroxylation is 1. The minimum Gasteiger partial charge on any atom is -0.275 e. The van der Waals surface area contributed by atoms with Gasteiger partial charge in [0.15, 0.2) is 0 Å². The van der Waals surface area contributed by atoms with Gasteiger partial charge in [0.25, 0.3) is 0 Å². The minimum atomic E-state index is 0.910. The second-order valence-electron chi connectivity index (χ2n) is 1.25. The quantitative estimate of drug-likeness (QED) is 0.608. The van der Waals surface area contributed by atoms with Gasteiger partial charge in [-0.1, -0.05) is 0 Å². The van der Waals surface area contributed by atoms with Crippen molar-refractivity contribution in [3.05, 3.63) is 16.4 Å². The van der Waals surface area contributed by atoms with Crippen molar-refractivity contribution in [3.8, 4) is 0 Å². The number of aromatic nitrogens is 2. The summed E-state index contributed by atoms with van der Waals surface area (Å²) in [5, 5.41) is 6.36. The molecule has 1 aromatic heterocycles. The Hall–Kier alpha value is -0.310. The summed E-state index contributed by atoms with van der Waals surface area (Å²) < 4.78 is 0.910. The van der Waals surface area contributed by atoms with Crippen LogP contribution in [0.3, 0.4) is 0 Å². The fourth-order valence-corrected chi connectivity index (χ4v) is 0.478. The molecule has 0 bridgehead atoms. The SMILES string of the molecule is Cc1n[nH][c]c1Br. The van der Waals surface area contributed by atoms with Gasteiger partial charge in [0.05, 0.1) is 16.4 Å². The van der Waals surface area contributed by atoms with Gasteiger partial charge in [0, 0.05) is 0 Å². The smallest absolute Gasteiger partial charge is 0.0985 e. The van der Waals surface area contributed by atoms with Crippen LogP contribution in [0.2, 0.25) is 0 Å². The molecule has 0 saturated heterocycles. The van der Waals surface area contributed by atoms with Crippen molar-refractivity contribution in [1.29, 1.82) is 0 Å². The fourth-order valence-electron chi connectivity index (χ4n) is 0.300. The molecule has 3 heteroatoms. The van der Waals surface area contributed by atoms with Crippen LogP contribution >= 0.6 is 15.9 Å². The molecular formula is C4H4BrN2. The Morgan fingerprint density at radius 2 is 2.57 bits per heavy atom. The predicted molar refractivity (Wildman–Crippen MR) is 29.9 cm³/mol. The van der Waals surface area contributed by atoms with E-state index in [0.717, 1.165) is 10.2 Å². The van der Waals surface area contributed by atoms with Gasteiger partial charge < -0.3 is 0 Å². The lowest BCUT2D eigenvalue weighted by Gasteiger charge is -1.73. The van der Waals surface area contributed by atoms with Crippen molar-refractivity contribution in [2.24, 2.45) is 0 Å². The third kappa shape index (κ3) is 0.825. The number of rotatable bonds is 0. The molecule has 1 aromatic rings. The molecule has 0 atom stereocenters. The molecule has 0 aliphatic rings. The number of nitrogens with one attached hydrogen (secondary N) is 1. The minimum absolute atomic E-state index is 0.910. The first kappa shape index (κ1) is 4.84. The molecule has 0 fully saturated rings. The molecule has 1 heterocycles. The Bertz CT molecular complexity index is 142. The molecule has 1 N–H and O–H groups in total. The van der Waals surface area contributed by atoms with E-state index in [1.165, 1.54) is 0 Å². The summed E-state index contributed by atoms with van der Waals surface area (Å²) in [4.78, 5) is 0. The molecular weight excluding hydrogens is 156 g/mol. The molecule has 1 radical (unpaired) electrons. The van der Waals surface area contributed by atoms with E-state index in [1.807, 2.05) is 6.92 Å². The molecule has 37 valence electrons. The third-order valence-corrected chi connectivity index (χ3v) is 1.48. The fraction of sp³-hybridized carbons (Fsp3) is 0.250. The van der Waals surface area contributed by atoms with Crippen LogP contribution in [0.5, 0.6) is 0 Å². The lowest BCUT2D eigenvalue weighted by molar-refractivity contribution is 1.04. The first-order chi connectivity index (χ1) is 3.30. The third-order valence-electron chi connectivity index (χ3n) is 0.707. The van der Waals surface area contributed by atoms with Crippen molar-refractivity contribution in [3.63, 3.8) is 0 Å². The standard InChI is InChI=1S/C4H4BrN2/c1-3-4(5)2-6-7-3/h1H3,(H,6,7). The van der Waals surface area contributed by atoms with E-state index in [-0.39, 0.29) is 0 Å². The maximum atomic E-state index is 3.79. The lowest BCUT2D eigenvalue weighted by Crippen LogP contribution is -1.67. The van der Waals surface area contributed by atoms with Crippen molar-refractivity contribution < 1.29 is 0 Å². The number of nitrogens with zero attached hydrogens (tertiary/aromatic N) is 1. The van der Waals surface area contributed by atoms with Gasteiger partial charge in [-0.05, 0) is 22.9 Å². The maximum Gasteiger partial charge on any atom is 0.0985 e. The van der Waals surface area contributed by atoms with Crippen molar-refractivity contribution >= 4 is 15.9 Å². The molecule has 0 spiro atoms. The Morgan fingerprint density at radius 3 is 2.71 bits per heavy atom. The van der Waals surface area contributed by atoms with Gasteiger partial charge in [-0.25, -0.2) is 0 Å². The zero-order valence-electron chi connectivity index (χ0n) is 3.83. The number of H-pyrrole nitrogens is 1. The van der Waals surface area contributed by atoms with Crippen LogP contribution in [0, 0.1) is 13.1 Å². The van der Waals surface area contributed by atoms with E-state index < -0.39 is 0 Å². The van der Waals surface area contributed by atoms with Crippen LogP contribution in [0.25, 0.3) is 0 Å². The second-order valence-corrected chi connectivity index (χ2v) is 2.04. The summed E-state index contributed by atoms with van der Waals surface area (Å²) in [5.41, 5.74) is 0.944. The zero-order valence-corrected chi connectivity index (χ0v) is 5.41. The molecule has 0 aromatic carbocycles. The highest BCUT2D eigenvalue weighted by atomic mass is 79.9. The molecule has 0 saturated carbocycles. The predicted octanol–water partition coefficient (Wildman–Crippen LogP) is 1.28. The highest BCUT2D eigenvalue weighted by molar-refractivity contribution is 9.10. The van der Waals surface area contributed by atoms with Gasteiger partial charge in [-0.2, -0.15) is 5.10 Å². The lowest BCUT2D eigenvalue weighted by atomic mass is 10.5. The normalized spacial score (nSPS) is 9.43. The number of hydrogen-bond acceptors (Lipinski definition) is 1. The molecule has 0 aliphatic heterocycles. The molecule has 0 aliphatic carbocycles. The average molecular weight is 160 g/mol. The van der Waals surface area contributed by atoms with Crippen LogP contribution < -0.4 is 0 Å². The summed E-state index contributed by atoms with van der Waals surface area (Å²) in [6.45, 7) is 1.90. The van der Waals surface area contributed by atoms with Crippen molar-refractivity contribution in [2.75, 3.05) is 0 Å². The summed E-state index contributed by atoms with van der Waals surface area (Å²) in [6, 6.07) is 0. The monoisotopic (exact) mass is 159 g/mol. The van der Waals surface area contributed by atoms with Crippen LogP contribution in [0.1, 0.15) is 5.69 Å². The van der Waals surface area contributed by atoms with Crippen LogP contribution in [0.15, 0.2) is 4.47 Å². The molecule has 1 rings (SSSR count). The van der Waals surface area contributed by atoms with E-state index >= 15 is 0 Å². The van der Waals surface area contributed by atoms with E-state index in [1.54, 1.807) is 0 Å². The van der Waals surface area contributed by atoms with Gasteiger partial charge in [-0.3, -0.25) is 5.10 Å². The van der Waals surface area contributed by atoms with E-state index in [9.17, 15) is 0 Å². The van der Waals surface area contributed by atoms with Crippen LogP contribution in [-0.4, -0.2) is 10.2 Å². The Balaban J connectivity index is 3.12. The molecule has 0 unspecified atom stereocenters. The van der Waals surface area contributed by atoms with E-state index in [4.69, 9.17) is 0 Å². The first-order valence-corrected chi connectivity index (χ1v) is 2.68. The van der Waals surface area contributed by atoms with Gasteiger partial charge in [-0.15, -0.1) is 0 Å².